The third-order valence-corrected chi connectivity index (χ3v) is 11.3. The van der Waals surface area contributed by atoms with Gasteiger partial charge in [-0.15, -0.1) is 0 Å². The van der Waals surface area contributed by atoms with Gasteiger partial charge in [0.25, 0.3) is 0 Å². The Morgan fingerprint density at radius 1 is 0.966 bits per heavy atom. The summed E-state index contributed by atoms with van der Waals surface area (Å²) in [6.45, 7) is 25.8. The van der Waals surface area contributed by atoms with Gasteiger partial charge in [-0.2, -0.15) is 0 Å². The van der Waals surface area contributed by atoms with Gasteiger partial charge in [0.15, 0.2) is 17.3 Å². The van der Waals surface area contributed by atoms with Gasteiger partial charge in [0.05, 0.1) is 11.2 Å². The number of benzene rings is 1. The van der Waals surface area contributed by atoms with E-state index >= 15 is 0 Å². The minimum Gasteiger partial charge on any atom is -0.484 e. The van der Waals surface area contributed by atoms with Crippen molar-refractivity contribution in [2.45, 2.75) is 171 Å². The molecule has 0 bridgehead atoms. The predicted molar refractivity (Wildman–Crippen MR) is 235 cm³/mol. The van der Waals surface area contributed by atoms with Gasteiger partial charge < -0.3 is 23.6 Å². The molecule has 12 heteroatoms. The predicted octanol–water partition coefficient (Wildman–Crippen LogP) is 10.8. The van der Waals surface area contributed by atoms with E-state index in [4.69, 9.17) is 18.7 Å². The number of ether oxygens (including phenoxy) is 3. The molecular formula is C47H70NO10P. The average molecular weight is 840 g/mol. The summed E-state index contributed by atoms with van der Waals surface area (Å²) in [7, 11) is -5.18. The summed E-state index contributed by atoms with van der Waals surface area (Å²) in [5, 5.41) is 0. The van der Waals surface area contributed by atoms with Crippen molar-refractivity contribution in [1.82, 2.24) is 4.90 Å². The van der Waals surface area contributed by atoms with Crippen molar-refractivity contribution in [3.8, 4) is 17.2 Å². The second-order valence-electron chi connectivity index (χ2n) is 17.5. The van der Waals surface area contributed by atoms with Crippen LogP contribution < -0.4 is 14.0 Å². The molecule has 2 aliphatic rings. The van der Waals surface area contributed by atoms with Crippen LogP contribution in [0.2, 0.25) is 0 Å². The van der Waals surface area contributed by atoms with Crippen molar-refractivity contribution in [2.24, 2.45) is 0 Å². The van der Waals surface area contributed by atoms with Crippen LogP contribution in [0.1, 0.15) is 163 Å². The lowest BCUT2D eigenvalue weighted by atomic mass is 9.83. The first-order chi connectivity index (χ1) is 27.4. The average Bonchev–Trinajstić information content (AvgIpc) is 3.12. The zero-order valence-electron chi connectivity index (χ0n) is 37.9. The van der Waals surface area contributed by atoms with Gasteiger partial charge in [0.1, 0.15) is 34.4 Å². The number of unbranched alkanes of at least 4 members (excludes halogenated alkanes) is 2. The highest BCUT2D eigenvalue weighted by Crippen LogP contribution is 2.55. The minimum atomic E-state index is -5.18. The minimum absolute atomic E-state index is 0.0524. The van der Waals surface area contributed by atoms with Gasteiger partial charge in [-0.05, 0) is 120 Å². The highest BCUT2D eigenvalue weighted by atomic mass is 31.2. The maximum atomic E-state index is 14.7. The molecule has 0 radical (unpaired) electrons. The molecule has 0 saturated carbocycles. The first-order valence-corrected chi connectivity index (χ1v) is 22.6. The van der Waals surface area contributed by atoms with Gasteiger partial charge in [-0.25, -0.2) is 4.57 Å². The molecule has 3 atom stereocenters. The summed E-state index contributed by atoms with van der Waals surface area (Å²) in [5.74, 6) is -0.656. The van der Waals surface area contributed by atoms with E-state index in [2.05, 4.69) is 19.9 Å². The lowest BCUT2D eigenvalue weighted by molar-refractivity contribution is -0.165. The van der Waals surface area contributed by atoms with Crippen LogP contribution in [0.5, 0.6) is 17.2 Å². The molecule has 2 heterocycles. The van der Waals surface area contributed by atoms with Gasteiger partial charge in [-0.1, -0.05) is 62.1 Å². The topological polar surface area (TPSA) is 149 Å². The van der Waals surface area contributed by atoms with E-state index in [9.17, 15) is 28.7 Å². The maximum absolute atomic E-state index is 14.7. The van der Waals surface area contributed by atoms with Crippen molar-refractivity contribution in [3.05, 3.63) is 69.4 Å². The van der Waals surface area contributed by atoms with Crippen molar-refractivity contribution in [1.29, 1.82) is 0 Å². The van der Waals surface area contributed by atoms with Crippen LogP contribution in [0.15, 0.2) is 52.7 Å². The van der Waals surface area contributed by atoms with Crippen molar-refractivity contribution in [2.75, 3.05) is 13.1 Å². The first kappa shape index (κ1) is 49.6. The third kappa shape index (κ3) is 13.4. The lowest BCUT2D eigenvalue weighted by Crippen LogP contribution is -2.47. The number of carbonyl (C=O) groups excluding carboxylic acids is 3. The molecule has 11 nitrogen and oxygen atoms in total. The summed E-state index contributed by atoms with van der Waals surface area (Å²) in [5.41, 5.74) is 0.510. The van der Waals surface area contributed by atoms with Crippen LogP contribution in [0, 0.1) is 0 Å². The molecule has 1 amide bonds. The van der Waals surface area contributed by atoms with Gasteiger partial charge in [0, 0.05) is 42.6 Å². The Labute approximate surface area is 353 Å². The monoisotopic (exact) mass is 839 g/mol. The van der Waals surface area contributed by atoms with E-state index in [0.717, 1.165) is 37.7 Å². The van der Waals surface area contributed by atoms with Crippen LogP contribution in [-0.2, 0) is 25.3 Å². The molecule has 0 spiro atoms. The number of nitrogens with zero attached hydrogens (tertiary/aromatic N) is 1. The number of carbonyl (C=O) groups is 3. The summed E-state index contributed by atoms with van der Waals surface area (Å²) < 4.78 is 38.1. The second kappa shape index (κ2) is 20.7. The van der Waals surface area contributed by atoms with E-state index in [-0.39, 0.29) is 52.7 Å². The van der Waals surface area contributed by atoms with Crippen molar-refractivity contribution in [3.63, 3.8) is 0 Å². The molecule has 328 valence electrons. The number of fused-ring (bicyclic) bond motifs is 2. The standard InChI is InChI=1S/C47H70NO10P/c1-14-17-28-48(29-18-15-2)44(51)33(8)23-27-47(13,34(9)49)58-45(10,11)30-38-35(16-3)40(50)39-42(55-38)36(22-21-32(6)7)41-37(43(39)57-59(52,53)54)24-26-46(12,56-41)25-19-20-31(4)5/h16,20-21,23-24,26,38H,14-15,17-19,22,25,27-30H2,1-13H3,(H2,52,53,54)/b33-23-,35-16+. The Morgan fingerprint density at radius 3 is 2.10 bits per heavy atom. The third-order valence-electron chi connectivity index (χ3n) is 10.9. The number of hydrogen-bond acceptors (Lipinski definition) is 8. The van der Waals surface area contributed by atoms with Crippen LogP contribution in [-0.4, -0.2) is 68.2 Å². The SMILES string of the molecule is C/C=C1/C(=O)c2c(OP(=O)(O)O)c3c(c(CC=C(C)C)c2OC1CC(C)(C)OC(C)(C/C=C(/C)C(=O)N(CCCC)CCCC)C(C)=O)OC(C)(CCC=C(C)C)C=C3. The quantitative estimate of drug-likeness (QED) is 0.0696. The van der Waals surface area contributed by atoms with Gasteiger partial charge in [-0.3, -0.25) is 24.2 Å². The Hall–Kier alpha value is -3.76. The smallest absolute Gasteiger partial charge is 0.484 e. The zero-order valence-corrected chi connectivity index (χ0v) is 38.8. The molecule has 0 aromatic heterocycles. The first-order valence-electron chi connectivity index (χ1n) is 21.1. The zero-order chi connectivity index (χ0) is 44.5. The Bertz CT molecular complexity index is 1920. The fraction of sp³-hybridized carbons (Fsp3) is 0.596. The molecule has 3 unspecified atom stereocenters. The molecule has 59 heavy (non-hydrogen) atoms. The van der Waals surface area contributed by atoms with Crippen LogP contribution in [0.3, 0.4) is 0 Å². The van der Waals surface area contributed by atoms with Gasteiger partial charge >= 0.3 is 7.82 Å². The van der Waals surface area contributed by atoms with E-state index in [1.807, 2.05) is 65.5 Å². The molecule has 2 N–H and O–H groups in total. The van der Waals surface area contributed by atoms with Crippen LogP contribution >= 0.6 is 7.82 Å². The summed E-state index contributed by atoms with van der Waals surface area (Å²) in [6.07, 6.45) is 15.9. The number of hydrogen-bond donors (Lipinski definition) is 2. The Kier molecular flexibility index (Phi) is 17.4. The summed E-state index contributed by atoms with van der Waals surface area (Å²) in [4.78, 5) is 63.7. The Morgan fingerprint density at radius 2 is 1.58 bits per heavy atom. The number of allylic oxidation sites excluding steroid dienone is 5. The van der Waals surface area contributed by atoms with E-state index < -0.39 is 36.5 Å². The molecular weight excluding hydrogens is 769 g/mol. The fourth-order valence-corrected chi connectivity index (χ4v) is 7.82. The number of phosphoric acid groups is 1. The van der Waals surface area contributed by atoms with Crippen LogP contribution in [0.4, 0.5) is 0 Å². The number of Topliss-reactive ketones (excluding diaryl/α,β-unsaturated/α-hetero) is 2. The Balaban J connectivity index is 2.12. The van der Waals surface area contributed by atoms with E-state index in [1.165, 1.54) is 12.5 Å². The molecule has 1 aromatic rings. The fourth-order valence-electron chi connectivity index (χ4n) is 7.39. The molecule has 2 aliphatic heterocycles. The van der Waals surface area contributed by atoms with Gasteiger partial charge in [0.2, 0.25) is 5.91 Å². The molecule has 1 aromatic carbocycles. The number of phosphoric ester groups is 1. The van der Waals surface area contributed by atoms with E-state index in [1.54, 1.807) is 39.0 Å². The van der Waals surface area contributed by atoms with E-state index in [0.29, 0.717) is 42.8 Å². The molecule has 0 saturated heterocycles. The number of amides is 1. The molecule has 0 fully saturated rings. The number of ketones is 2. The molecule has 0 aliphatic carbocycles. The molecule has 3 rings (SSSR count). The lowest BCUT2D eigenvalue weighted by Gasteiger charge is -2.41. The van der Waals surface area contributed by atoms with Crippen molar-refractivity contribution < 1.29 is 47.5 Å². The summed E-state index contributed by atoms with van der Waals surface area (Å²) >= 11 is 0. The highest BCUT2D eigenvalue weighted by Gasteiger charge is 2.45. The summed E-state index contributed by atoms with van der Waals surface area (Å²) in [6, 6.07) is 0. The second-order valence-corrected chi connectivity index (χ2v) is 18.7. The van der Waals surface area contributed by atoms with Crippen molar-refractivity contribution >= 4 is 31.4 Å². The maximum Gasteiger partial charge on any atom is 0.524 e. The number of rotatable bonds is 21. The highest BCUT2D eigenvalue weighted by molar-refractivity contribution is 7.46. The largest absolute Gasteiger partial charge is 0.524 e. The van der Waals surface area contributed by atoms with Crippen LogP contribution in [0.25, 0.3) is 6.08 Å². The normalized spacial score (nSPS) is 19.5.